The molecule has 1 fully saturated rings. The van der Waals surface area contributed by atoms with Gasteiger partial charge >= 0.3 is 23.5 Å². The predicted molar refractivity (Wildman–Crippen MR) is 206 cm³/mol. The second kappa shape index (κ2) is 20.3. The number of nitrogens with one attached hydrogen (secondary N) is 2. The minimum Gasteiger partial charge on any atom is -0.504 e. The topological polar surface area (TPSA) is 404 Å². The van der Waals surface area contributed by atoms with Gasteiger partial charge in [-0.2, -0.15) is 4.31 Å². The van der Waals surface area contributed by atoms with Crippen molar-refractivity contribution in [3.63, 3.8) is 0 Å². The number of phosphoric acid groups is 3. The number of phosphoric ester groups is 3. The Labute approximate surface area is 343 Å². The predicted octanol–water partition coefficient (Wildman–Crippen LogP) is -0.211. The Balaban J connectivity index is 1.20. The van der Waals surface area contributed by atoms with Crippen molar-refractivity contribution in [1.29, 1.82) is 0 Å². The quantitative estimate of drug-likeness (QED) is 0.0285. The number of carbonyl (C=O) groups excluding carboxylic acids is 3. The van der Waals surface area contributed by atoms with E-state index >= 15 is 0 Å². The number of ether oxygens (including phenoxy) is 1. The largest absolute Gasteiger partial charge is 0.504 e. The number of fused-ring (bicyclic) bond motifs is 1. The normalized spacial score (nSPS) is 21.1. The lowest BCUT2D eigenvalue weighted by atomic mass is 9.87. The van der Waals surface area contributed by atoms with E-state index in [9.17, 15) is 68.1 Å². The summed E-state index contributed by atoms with van der Waals surface area (Å²) in [6.07, 6.45) is -4.40. The Morgan fingerprint density at radius 1 is 1.03 bits per heavy atom. The third kappa shape index (κ3) is 14.1. The summed E-state index contributed by atoms with van der Waals surface area (Å²) >= 11 is 0.898. The van der Waals surface area contributed by atoms with E-state index < -0.39 is 84.6 Å². The van der Waals surface area contributed by atoms with Gasteiger partial charge in [0.2, 0.25) is 16.9 Å². The van der Waals surface area contributed by atoms with Crippen LogP contribution in [0.3, 0.4) is 0 Å². The molecule has 1 aliphatic heterocycles. The van der Waals surface area contributed by atoms with Crippen LogP contribution in [0.1, 0.15) is 32.1 Å². The Hall–Kier alpha value is -3.88. The van der Waals surface area contributed by atoms with Gasteiger partial charge in [-0.05, 0) is 23.8 Å². The maximum Gasteiger partial charge on any atom is 0.481 e. The van der Waals surface area contributed by atoms with E-state index in [0.717, 1.165) is 29.0 Å². The standard InChI is InChI=1S/C30H42N7O19P3S/c1-30(2,25(43)28(44)33-8-7-20(40)32-9-10-60-21(41)6-4-16-3-5-17(38)18(39)11-16)13-53-59(50,51)56-58(48,49)52-12-19-24(55-57(45,46)47)23(42)29(54-19)37-15-36-22-26(31)34-14-35-27(22)37/h3-6,11,14-15,19,23-25,29,38-39,42-43H,7-10,12-13H2,1-2H3,(H,32,40)(H,33,44)(H,48,49)(H,50,51)(H2,31,34,35)(H2,45,46,47). The molecule has 1 aromatic carbocycles. The Kier molecular flexibility index (Phi) is 16.5. The van der Waals surface area contributed by atoms with Crippen LogP contribution in [-0.4, -0.2) is 133 Å². The smallest absolute Gasteiger partial charge is 0.481 e. The van der Waals surface area contributed by atoms with E-state index in [1.54, 1.807) is 0 Å². The lowest BCUT2D eigenvalue weighted by Gasteiger charge is -2.30. The lowest BCUT2D eigenvalue weighted by molar-refractivity contribution is -0.137. The van der Waals surface area contributed by atoms with Crippen molar-refractivity contribution in [2.45, 2.75) is 50.9 Å². The first-order valence-electron chi connectivity index (χ1n) is 17.1. The van der Waals surface area contributed by atoms with Gasteiger partial charge in [0.05, 0.1) is 19.5 Å². The fraction of sp³-hybridized carbons (Fsp3) is 0.467. The molecule has 0 aliphatic carbocycles. The Bertz CT molecular complexity index is 2210. The van der Waals surface area contributed by atoms with Crippen LogP contribution in [0.5, 0.6) is 11.5 Å². The highest BCUT2D eigenvalue weighted by molar-refractivity contribution is 8.14. The van der Waals surface area contributed by atoms with Crippen molar-refractivity contribution in [3.05, 3.63) is 42.5 Å². The van der Waals surface area contributed by atoms with Crippen LogP contribution in [0.25, 0.3) is 17.2 Å². The molecular weight excluding hydrogens is 887 g/mol. The van der Waals surface area contributed by atoms with Crippen LogP contribution in [-0.2, 0) is 50.7 Å². The van der Waals surface area contributed by atoms with Crippen molar-refractivity contribution in [2.24, 2.45) is 5.41 Å². The number of aromatic hydroxyl groups is 2. The molecule has 12 N–H and O–H groups in total. The molecule has 0 bridgehead atoms. The van der Waals surface area contributed by atoms with Gasteiger partial charge < -0.3 is 61.1 Å². The number of nitrogens with two attached hydrogens (primary N) is 1. The summed E-state index contributed by atoms with van der Waals surface area (Å²) in [7, 11) is -16.5. The van der Waals surface area contributed by atoms with Crippen molar-refractivity contribution in [1.82, 2.24) is 30.2 Å². The number of hydrogen-bond acceptors (Lipinski definition) is 20. The first kappa shape index (κ1) is 48.8. The molecule has 0 radical (unpaired) electrons. The minimum absolute atomic E-state index is 0.0199. The zero-order chi connectivity index (χ0) is 44.6. The van der Waals surface area contributed by atoms with Gasteiger partial charge in [0.25, 0.3) is 0 Å². The fourth-order valence-corrected chi connectivity index (χ4v) is 8.54. The van der Waals surface area contributed by atoms with Crippen molar-refractivity contribution in [2.75, 3.05) is 37.8 Å². The zero-order valence-electron chi connectivity index (χ0n) is 31.4. The highest BCUT2D eigenvalue weighted by Crippen LogP contribution is 2.61. The molecule has 1 aliphatic rings. The van der Waals surface area contributed by atoms with Gasteiger partial charge in [-0.25, -0.2) is 28.6 Å². The molecule has 0 spiro atoms. The molecule has 2 aromatic heterocycles. The summed E-state index contributed by atoms with van der Waals surface area (Å²) in [5.41, 5.74) is 4.68. The molecular formula is C30H42N7O19P3S. The Morgan fingerprint density at radius 3 is 2.42 bits per heavy atom. The maximum atomic E-state index is 12.7. The number of phenols is 2. The molecule has 3 heterocycles. The summed E-state index contributed by atoms with van der Waals surface area (Å²) in [6, 6.07) is 4.02. The second-order valence-electron chi connectivity index (χ2n) is 13.3. The summed E-state index contributed by atoms with van der Waals surface area (Å²) < 4.78 is 62.1. The molecule has 60 heavy (non-hydrogen) atoms. The number of nitrogen functional groups attached to an aromatic ring is 1. The highest BCUT2D eigenvalue weighted by Gasteiger charge is 2.50. The average Bonchev–Trinajstić information content (AvgIpc) is 3.71. The fourth-order valence-electron chi connectivity index (χ4n) is 5.14. The van der Waals surface area contributed by atoms with Gasteiger partial charge in [0, 0.05) is 30.7 Å². The van der Waals surface area contributed by atoms with Gasteiger partial charge in [-0.1, -0.05) is 37.8 Å². The van der Waals surface area contributed by atoms with E-state index in [-0.39, 0.29) is 58.9 Å². The van der Waals surface area contributed by atoms with Crippen LogP contribution < -0.4 is 16.4 Å². The van der Waals surface area contributed by atoms with Crippen LogP contribution >= 0.6 is 35.2 Å². The molecule has 1 saturated heterocycles. The van der Waals surface area contributed by atoms with Gasteiger partial charge in [-0.3, -0.25) is 32.5 Å². The summed E-state index contributed by atoms with van der Waals surface area (Å²) in [6.45, 7) is 0.245. The monoisotopic (exact) mass is 929 g/mol. The molecule has 7 unspecified atom stereocenters. The Morgan fingerprint density at radius 2 is 1.73 bits per heavy atom. The number of nitrogens with zero attached hydrogens (tertiary/aromatic N) is 4. The van der Waals surface area contributed by atoms with Crippen LogP contribution in [0.4, 0.5) is 5.82 Å². The number of aromatic nitrogens is 4. The maximum absolute atomic E-state index is 12.7. The van der Waals surface area contributed by atoms with Crippen molar-refractivity contribution in [3.8, 4) is 11.5 Å². The van der Waals surface area contributed by atoms with E-state index in [2.05, 4.69) is 34.4 Å². The molecule has 7 atom stereocenters. The zero-order valence-corrected chi connectivity index (χ0v) is 34.9. The molecule has 3 aromatic rings. The lowest BCUT2D eigenvalue weighted by Crippen LogP contribution is -2.46. The van der Waals surface area contributed by atoms with E-state index in [4.69, 9.17) is 19.5 Å². The number of imidazole rings is 1. The van der Waals surface area contributed by atoms with Crippen molar-refractivity contribution >= 4 is 75.2 Å². The third-order valence-corrected chi connectivity index (χ3v) is 12.1. The second-order valence-corrected chi connectivity index (χ2v) is 18.7. The number of hydrogen-bond donors (Lipinski definition) is 11. The SMILES string of the molecule is CC(C)(COP(=O)(O)OP(=O)(O)OCC1OC(n2cnc3c(N)ncnc32)C(O)C1OP(=O)(O)O)C(O)C(=O)NCCC(=O)NCCSC(=O)C=Cc1ccc(O)c(O)c1. The number of benzene rings is 1. The molecule has 4 rings (SSSR count). The molecule has 30 heteroatoms. The number of aliphatic hydroxyl groups is 2. The van der Waals surface area contributed by atoms with Gasteiger partial charge in [0.15, 0.2) is 29.2 Å². The van der Waals surface area contributed by atoms with E-state index in [1.807, 2.05) is 0 Å². The summed E-state index contributed by atoms with van der Waals surface area (Å²) in [4.78, 5) is 87.7. The van der Waals surface area contributed by atoms with Gasteiger partial charge in [0.1, 0.15) is 36.3 Å². The number of aliphatic hydroxyl groups excluding tert-OH is 2. The average molecular weight is 930 g/mol. The first-order valence-corrected chi connectivity index (χ1v) is 22.6. The molecule has 26 nitrogen and oxygen atoms in total. The summed E-state index contributed by atoms with van der Waals surface area (Å²) in [5.74, 6) is -2.01. The van der Waals surface area contributed by atoms with Crippen LogP contribution in [0, 0.1) is 5.41 Å². The minimum atomic E-state index is -5.59. The number of anilines is 1. The number of rotatable bonds is 21. The van der Waals surface area contributed by atoms with Crippen molar-refractivity contribution < 1.29 is 90.7 Å². The van der Waals surface area contributed by atoms with Gasteiger partial charge in [-0.15, -0.1) is 0 Å². The third-order valence-electron chi connectivity index (χ3n) is 8.16. The number of amides is 2. The van der Waals surface area contributed by atoms with E-state index in [0.29, 0.717) is 5.56 Å². The highest BCUT2D eigenvalue weighted by atomic mass is 32.2. The summed E-state index contributed by atoms with van der Waals surface area (Å²) in [5, 5.41) is 44.8. The number of carbonyl (C=O) groups is 3. The van der Waals surface area contributed by atoms with Crippen LogP contribution in [0.15, 0.2) is 36.9 Å². The first-order chi connectivity index (χ1) is 27.9. The molecule has 332 valence electrons. The van der Waals surface area contributed by atoms with E-state index in [1.165, 1.54) is 44.2 Å². The molecule has 0 saturated carbocycles. The van der Waals surface area contributed by atoms with Crippen LogP contribution in [0.2, 0.25) is 0 Å². The number of phenolic OH excluding ortho intramolecular Hbond substituents is 2. The number of thioether (sulfide) groups is 1. The molecule has 2 amide bonds.